The minimum Gasteiger partial charge on any atom is -0.497 e. The van der Waals surface area contributed by atoms with Gasteiger partial charge in [-0.3, -0.25) is 4.79 Å². The molecule has 7 heteroatoms. The first kappa shape index (κ1) is 18.8. The zero-order chi connectivity index (χ0) is 18.4. The number of sulfone groups is 1. The van der Waals surface area contributed by atoms with E-state index in [0.717, 1.165) is 11.8 Å². The molecule has 0 radical (unpaired) electrons. The Morgan fingerprint density at radius 1 is 1.12 bits per heavy atom. The predicted octanol–water partition coefficient (Wildman–Crippen LogP) is 2.35. The molecule has 1 atom stereocenters. The lowest BCUT2D eigenvalue weighted by Gasteiger charge is -2.15. The molecule has 1 unspecified atom stereocenters. The third kappa shape index (κ3) is 5.49. The summed E-state index contributed by atoms with van der Waals surface area (Å²) in [5, 5.41) is 2.81. The van der Waals surface area contributed by atoms with Crippen LogP contribution in [0.1, 0.15) is 18.5 Å². The first-order chi connectivity index (χ1) is 11.8. The molecule has 0 fully saturated rings. The van der Waals surface area contributed by atoms with Gasteiger partial charge in [0.15, 0.2) is 16.4 Å². The lowest BCUT2D eigenvalue weighted by molar-refractivity contribution is -0.123. The standard InChI is InChI=1S/C18H21NO5S/c1-13(14-7-9-17(10-8-14)25(3,21)22)19-18(20)12-24-16-6-4-5-15(11-16)23-2/h4-11,13H,12H2,1-3H3,(H,19,20). The molecule has 0 aliphatic rings. The summed E-state index contributed by atoms with van der Waals surface area (Å²) < 4.78 is 33.5. The second kappa shape index (κ2) is 8.02. The molecular formula is C18H21NO5S. The zero-order valence-corrected chi connectivity index (χ0v) is 15.2. The van der Waals surface area contributed by atoms with Crippen molar-refractivity contribution in [1.82, 2.24) is 5.32 Å². The van der Waals surface area contributed by atoms with Gasteiger partial charge in [-0.05, 0) is 36.8 Å². The van der Waals surface area contributed by atoms with Crippen LogP contribution in [0.15, 0.2) is 53.4 Å². The van der Waals surface area contributed by atoms with Gasteiger partial charge in [-0.1, -0.05) is 18.2 Å². The highest BCUT2D eigenvalue weighted by atomic mass is 32.2. The van der Waals surface area contributed by atoms with E-state index < -0.39 is 9.84 Å². The number of methoxy groups -OCH3 is 1. The van der Waals surface area contributed by atoms with Gasteiger partial charge in [-0.2, -0.15) is 0 Å². The number of ether oxygens (including phenoxy) is 2. The van der Waals surface area contributed by atoms with Crippen LogP contribution in [-0.2, 0) is 14.6 Å². The number of rotatable bonds is 7. The fourth-order valence-electron chi connectivity index (χ4n) is 2.21. The molecule has 0 aliphatic heterocycles. The Kier molecular flexibility index (Phi) is 6.03. The maximum absolute atomic E-state index is 12.0. The Labute approximate surface area is 147 Å². The number of hydrogen-bond acceptors (Lipinski definition) is 5. The number of carbonyl (C=O) groups excluding carboxylic acids is 1. The predicted molar refractivity (Wildman–Crippen MR) is 94.6 cm³/mol. The van der Waals surface area contributed by atoms with Gasteiger partial charge in [-0.25, -0.2) is 8.42 Å². The quantitative estimate of drug-likeness (QED) is 0.817. The summed E-state index contributed by atoms with van der Waals surface area (Å²) in [6.07, 6.45) is 1.16. The lowest BCUT2D eigenvalue weighted by Crippen LogP contribution is -2.31. The number of hydrogen-bond donors (Lipinski definition) is 1. The number of amides is 1. The second-order valence-corrected chi connectivity index (χ2v) is 7.61. The van der Waals surface area contributed by atoms with Gasteiger partial charge in [0, 0.05) is 12.3 Å². The van der Waals surface area contributed by atoms with Crippen molar-refractivity contribution >= 4 is 15.7 Å². The molecule has 0 aromatic heterocycles. The van der Waals surface area contributed by atoms with Crippen LogP contribution in [0.25, 0.3) is 0 Å². The summed E-state index contributed by atoms with van der Waals surface area (Å²) >= 11 is 0. The van der Waals surface area contributed by atoms with Crippen molar-refractivity contribution < 1.29 is 22.7 Å². The van der Waals surface area contributed by atoms with Crippen LogP contribution in [0.2, 0.25) is 0 Å². The summed E-state index contributed by atoms with van der Waals surface area (Å²) in [4.78, 5) is 12.3. The Bertz CT molecular complexity index is 831. The number of nitrogens with one attached hydrogen (secondary N) is 1. The number of carbonyl (C=O) groups is 1. The van der Waals surface area contributed by atoms with Gasteiger partial charge in [-0.15, -0.1) is 0 Å². The van der Waals surface area contributed by atoms with Crippen LogP contribution in [-0.4, -0.2) is 34.3 Å². The highest BCUT2D eigenvalue weighted by molar-refractivity contribution is 7.90. The summed E-state index contributed by atoms with van der Waals surface area (Å²) in [5.41, 5.74) is 0.808. The van der Waals surface area contributed by atoms with E-state index in [1.165, 1.54) is 12.1 Å². The average molecular weight is 363 g/mol. The van der Waals surface area contributed by atoms with Gasteiger partial charge >= 0.3 is 0 Å². The molecule has 0 heterocycles. The normalized spacial score (nSPS) is 12.3. The highest BCUT2D eigenvalue weighted by Gasteiger charge is 2.12. The molecule has 25 heavy (non-hydrogen) atoms. The molecule has 134 valence electrons. The molecule has 1 N–H and O–H groups in total. The molecule has 1 amide bonds. The molecule has 0 saturated heterocycles. The van der Waals surface area contributed by atoms with Gasteiger partial charge in [0.05, 0.1) is 18.0 Å². The lowest BCUT2D eigenvalue weighted by atomic mass is 10.1. The Balaban J connectivity index is 1.91. The van der Waals surface area contributed by atoms with Gasteiger partial charge in [0.1, 0.15) is 11.5 Å². The monoisotopic (exact) mass is 363 g/mol. The molecule has 2 aromatic carbocycles. The summed E-state index contributed by atoms with van der Waals surface area (Å²) in [6.45, 7) is 1.69. The SMILES string of the molecule is COc1cccc(OCC(=O)NC(C)c2ccc(S(C)(=O)=O)cc2)c1. The molecule has 0 saturated carbocycles. The fourth-order valence-corrected chi connectivity index (χ4v) is 2.84. The van der Waals surface area contributed by atoms with Crippen LogP contribution in [0, 0.1) is 0 Å². The van der Waals surface area contributed by atoms with Crippen molar-refractivity contribution in [3.8, 4) is 11.5 Å². The minimum atomic E-state index is -3.23. The molecule has 2 aromatic rings. The van der Waals surface area contributed by atoms with Crippen LogP contribution in [0.4, 0.5) is 0 Å². The van der Waals surface area contributed by atoms with Crippen molar-refractivity contribution in [2.24, 2.45) is 0 Å². The maximum Gasteiger partial charge on any atom is 0.258 e. The van der Waals surface area contributed by atoms with Crippen LogP contribution in [0.5, 0.6) is 11.5 Å². The molecule has 6 nitrogen and oxygen atoms in total. The first-order valence-electron chi connectivity index (χ1n) is 7.66. The average Bonchev–Trinajstić information content (AvgIpc) is 2.59. The topological polar surface area (TPSA) is 81.7 Å². The molecular weight excluding hydrogens is 342 g/mol. The van der Waals surface area contributed by atoms with Crippen LogP contribution in [0.3, 0.4) is 0 Å². The van der Waals surface area contributed by atoms with E-state index >= 15 is 0 Å². The van der Waals surface area contributed by atoms with Crippen LogP contribution < -0.4 is 14.8 Å². The second-order valence-electron chi connectivity index (χ2n) is 5.60. The Hall–Kier alpha value is -2.54. The zero-order valence-electron chi connectivity index (χ0n) is 14.4. The molecule has 0 aliphatic carbocycles. The van der Waals surface area contributed by atoms with Crippen molar-refractivity contribution in [2.45, 2.75) is 17.9 Å². The van der Waals surface area contributed by atoms with Crippen molar-refractivity contribution in [1.29, 1.82) is 0 Å². The van der Waals surface area contributed by atoms with E-state index in [9.17, 15) is 13.2 Å². The fraction of sp³-hybridized carbons (Fsp3) is 0.278. The summed E-state index contributed by atoms with van der Waals surface area (Å²) in [5.74, 6) is 0.916. The van der Waals surface area contributed by atoms with E-state index in [-0.39, 0.29) is 23.5 Å². The van der Waals surface area contributed by atoms with E-state index in [1.54, 1.807) is 43.5 Å². The van der Waals surface area contributed by atoms with E-state index in [0.29, 0.717) is 11.5 Å². The minimum absolute atomic E-state index is 0.126. The van der Waals surface area contributed by atoms with Crippen molar-refractivity contribution in [3.05, 3.63) is 54.1 Å². The third-order valence-electron chi connectivity index (χ3n) is 3.60. The smallest absolute Gasteiger partial charge is 0.258 e. The third-order valence-corrected chi connectivity index (χ3v) is 4.73. The van der Waals surface area contributed by atoms with Crippen molar-refractivity contribution in [3.63, 3.8) is 0 Å². The summed E-state index contributed by atoms with van der Waals surface area (Å²) in [7, 11) is -1.67. The van der Waals surface area contributed by atoms with Gasteiger partial charge in [0.2, 0.25) is 0 Å². The van der Waals surface area contributed by atoms with E-state index in [1.807, 2.05) is 6.92 Å². The Morgan fingerprint density at radius 2 is 1.76 bits per heavy atom. The van der Waals surface area contributed by atoms with Crippen LogP contribution >= 0.6 is 0 Å². The highest BCUT2D eigenvalue weighted by Crippen LogP contribution is 2.19. The van der Waals surface area contributed by atoms with Gasteiger partial charge in [0.25, 0.3) is 5.91 Å². The van der Waals surface area contributed by atoms with Gasteiger partial charge < -0.3 is 14.8 Å². The largest absolute Gasteiger partial charge is 0.497 e. The number of benzene rings is 2. The van der Waals surface area contributed by atoms with E-state index in [2.05, 4.69) is 5.32 Å². The molecule has 0 spiro atoms. The van der Waals surface area contributed by atoms with Crippen molar-refractivity contribution in [2.75, 3.05) is 20.0 Å². The maximum atomic E-state index is 12.0. The molecule has 0 bridgehead atoms. The summed E-state index contributed by atoms with van der Waals surface area (Å²) in [6, 6.07) is 13.2. The first-order valence-corrected chi connectivity index (χ1v) is 9.55. The van der Waals surface area contributed by atoms with E-state index in [4.69, 9.17) is 9.47 Å². The Morgan fingerprint density at radius 3 is 2.36 bits per heavy atom. The molecule has 2 rings (SSSR count).